The lowest BCUT2D eigenvalue weighted by atomic mass is 9.85. The molecule has 0 fully saturated rings. The van der Waals surface area contributed by atoms with E-state index in [4.69, 9.17) is 34.8 Å². The highest BCUT2D eigenvalue weighted by Crippen LogP contribution is 2.36. The number of hydrogen-bond donors (Lipinski definition) is 1. The number of alkyl halides is 3. The molecule has 30 heavy (non-hydrogen) atoms. The summed E-state index contributed by atoms with van der Waals surface area (Å²) in [6.45, 7) is 8.83. The molecular formula is C19H21Cl3F2N4OS. The van der Waals surface area contributed by atoms with Gasteiger partial charge in [0.15, 0.2) is 0 Å². The van der Waals surface area contributed by atoms with E-state index in [0.29, 0.717) is 15.8 Å². The summed E-state index contributed by atoms with van der Waals surface area (Å²) in [5.74, 6) is 0. The van der Waals surface area contributed by atoms with E-state index in [9.17, 15) is 13.6 Å². The number of allylic oxidation sites excluding steroid dienone is 1. The molecule has 0 spiro atoms. The molecule has 1 heterocycles. The molecule has 2 rings (SSSR count). The topological polar surface area (TPSA) is 63.0 Å². The summed E-state index contributed by atoms with van der Waals surface area (Å²) in [4.78, 5) is 16.7. The van der Waals surface area contributed by atoms with Crippen LogP contribution in [0.3, 0.4) is 0 Å². The van der Waals surface area contributed by atoms with Crippen LogP contribution in [0.4, 0.5) is 8.78 Å². The Kier molecular flexibility index (Phi) is 8.18. The zero-order valence-electron chi connectivity index (χ0n) is 16.9. The van der Waals surface area contributed by atoms with Gasteiger partial charge < -0.3 is 0 Å². The summed E-state index contributed by atoms with van der Waals surface area (Å²) in [6, 6.07) is 3.30. The minimum Gasteiger partial charge on any atom is -0.252 e. The van der Waals surface area contributed by atoms with Crippen LogP contribution in [-0.2, 0) is 5.41 Å². The third-order valence-electron chi connectivity index (χ3n) is 4.00. The van der Waals surface area contributed by atoms with Crippen molar-refractivity contribution in [3.05, 3.63) is 50.0 Å². The number of aliphatic imine (C=N–C) groups is 1. The molecule has 0 aliphatic heterocycles. The minimum atomic E-state index is -2.63. The average molecular weight is 498 g/mol. The van der Waals surface area contributed by atoms with Gasteiger partial charge in [-0.05, 0) is 48.7 Å². The lowest BCUT2D eigenvalue weighted by Crippen LogP contribution is -2.22. The first-order valence-electron chi connectivity index (χ1n) is 8.84. The van der Waals surface area contributed by atoms with Crippen LogP contribution >= 0.6 is 46.6 Å². The van der Waals surface area contributed by atoms with Crippen molar-refractivity contribution in [2.75, 3.05) is 0 Å². The molecule has 164 valence electrons. The first-order valence-corrected chi connectivity index (χ1v) is 10.9. The summed E-state index contributed by atoms with van der Waals surface area (Å²) in [5, 5.41) is 7.03. The molecule has 0 radical (unpaired) electrons. The summed E-state index contributed by atoms with van der Waals surface area (Å²) < 4.78 is 26.9. The number of hydrogen-bond acceptors (Lipinski definition) is 4. The Hall–Kier alpha value is -1.35. The second-order valence-electron chi connectivity index (χ2n) is 7.54. The number of aromatic amines is 1. The molecule has 5 nitrogen and oxygen atoms in total. The standard InChI is InChI=1S/C19H21Cl3F2N4OS/c1-9(15(23)24)8-25-16(10(2)20)30-18-27-26-17(29)28(18)14-7-13(22)12(21)6-11(14)19(3,4)5/h6-8,10,15H,1-5H3,(H,26,29)/b9-8+,25-16?. The SMILES string of the molecule is C/C(=C\N=C(Sc1n[nH]c(=O)n1-c1cc(Cl)c(Cl)cc1C(C)(C)C)C(C)Cl)C(F)F. The predicted octanol–water partition coefficient (Wildman–Crippen LogP) is 6.45. The molecule has 0 amide bonds. The van der Waals surface area contributed by atoms with Gasteiger partial charge in [0, 0.05) is 11.8 Å². The van der Waals surface area contributed by atoms with Gasteiger partial charge in [0.05, 0.1) is 26.2 Å². The van der Waals surface area contributed by atoms with Crippen LogP contribution in [0.15, 0.2) is 38.8 Å². The van der Waals surface area contributed by atoms with Crippen molar-refractivity contribution in [1.82, 2.24) is 14.8 Å². The fourth-order valence-electron chi connectivity index (χ4n) is 2.41. The normalized spacial score (nSPS) is 14.5. The molecule has 1 unspecified atom stereocenters. The van der Waals surface area contributed by atoms with Gasteiger partial charge in [0.25, 0.3) is 6.43 Å². The van der Waals surface area contributed by atoms with Crippen LogP contribution in [-0.4, -0.2) is 31.6 Å². The summed E-state index contributed by atoms with van der Waals surface area (Å²) in [6.07, 6.45) is -1.57. The Labute approximate surface area is 192 Å². The first-order chi connectivity index (χ1) is 13.8. The van der Waals surface area contributed by atoms with Crippen molar-refractivity contribution in [1.29, 1.82) is 0 Å². The zero-order valence-corrected chi connectivity index (χ0v) is 20.0. The minimum absolute atomic E-state index is 0.204. The Bertz CT molecular complexity index is 1040. The number of thioether (sulfide) groups is 1. The number of nitrogens with one attached hydrogen (secondary N) is 1. The number of halogens is 5. The van der Waals surface area contributed by atoms with Crippen molar-refractivity contribution in [2.45, 2.75) is 57.0 Å². The Morgan fingerprint density at radius 1 is 1.30 bits per heavy atom. The Balaban J connectivity index is 2.63. The van der Waals surface area contributed by atoms with E-state index in [0.717, 1.165) is 23.5 Å². The zero-order chi connectivity index (χ0) is 22.8. The van der Waals surface area contributed by atoms with E-state index in [1.165, 1.54) is 11.5 Å². The number of aromatic nitrogens is 3. The second-order valence-corrected chi connectivity index (χ2v) is 10.00. The summed E-state index contributed by atoms with van der Waals surface area (Å²) >= 11 is 19.6. The maximum atomic E-state index is 12.8. The van der Waals surface area contributed by atoms with E-state index in [-0.39, 0.29) is 21.2 Å². The molecule has 0 aliphatic rings. The van der Waals surface area contributed by atoms with Crippen molar-refractivity contribution in [3.63, 3.8) is 0 Å². The van der Waals surface area contributed by atoms with Crippen molar-refractivity contribution < 1.29 is 8.78 Å². The lowest BCUT2D eigenvalue weighted by Gasteiger charge is -2.24. The van der Waals surface area contributed by atoms with Crippen molar-refractivity contribution >= 4 is 51.6 Å². The second kappa shape index (κ2) is 9.85. The number of H-pyrrole nitrogens is 1. The van der Waals surface area contributed by atoms with E-state index >= 15 is 0 Å². The summed E-state index contributed by atoms with van der Waals surface area (Å²) in [5.41, 5.74) is 0.203. The summed E-state index contributed by atoms with van der Waals surface area (Å²) in [7, 11) is 0. The number of benzene rings is 1. The fourth-order valence-corrected chi connectivity index (χ4v) is 3.74. The maximum absolute atomic E-state index is 12.8. The van der Waals surface area contributed by atoms with Crippen LogP contribution in [0.5, 0.6) is 0 Å². The van der Waals surface area contributed by atoms with Gasteiger partial charge in [-0.15, -0.1) is 16.7 Å². The van der Waals surface area contributed by atoms with Crippen LogP contribution in [0.1, 0.15) is 40.2 Å². The van der Waals surface area contributed by atoms with Gasteiger partial charge in [-0.25, -0.2) is 23.2 Å². The Morgan fingerprint density at radius 2 is 1.90 bits per heavy atom. The molecule has 1 N–H and O–H groups in total. The molecule has 0 saturated carbocycles. The average Bonchev–Trinajstić information content (AvgIpc) is 2.99. The molecule has 1 atom stereocenters. The smallest absolute Gasteiger partial charge is 0.252 e. The largest absolute Gasteiger partial charge is 0.348 e. The molecule has 1 aromatic carbocycles. The highest BCUT2D eigenvalue weighted by atomic mass is 35.5. The lowest BCUT2D eigenvalue weighted by molar-refractivity contribution is 0.189. The Morgan fingerprint density at radius 3 is 2.43 bits per heavy atom. The number of rotatable bonds is 5. The van der Waals surface area contributed by atoms with E-state index in [2.05, 4.69) is 15.2 Å². The van der Waals surface area contributed by atoms with Crippen LogP contribution in [0, 0.1) is 0 Å². The van der Waals surface area contributed by atoms with Crippen molar-refractivity contribution in [2.24, 2.45) is 4.99 Å². The maximum Gasteiger partial charge on any atom is 0.348 e. The van der Waals surface area contributed by atoms with Gasteiger partial charge >= 0.3 is 5.69 Å². The van der Waals surface area contributed by atoms with Gasteiger partial charge in [-0.2, -0.15) is 0 Å². The van der Waals surface area contributed by atoms with E-state index in [1.54, 1.807) is 19.1 Å². The molecule has 2 aromatic rings. The first kappa shape index (κ1) is 24.9. The molecular weight excluding hydrogens is 477 g/mol. The quantitative estimate of drug-likeness (QED) is 0.223. The van der Waals surface area contributed by atoms with Gasteiger partial charge in [-0.3, -0.25) is 4.99 Å². The van der Waals surface area contributed by atoms with Gasteiger partial charge in [0.2, 0.25) is 5.16 Å². The van der Waals surface area contributed by atoms with Gasteiger partial charge in [0.1, 0.15) is 0 Å². The molecule has 0 saturated heterocycles. The van der Waals surface area contributed by atoms with Crippen LogP contribution in [0.2, 0.25) is 10.0 Å². The number of nitrogens with zero attached hydrogens (tertiary/aromatic N) is 3. The molecule has 0 bridgehead atoms. The van der Waals surface area contributed by atoms with Crippen molar-refractivity contribution in [3.8, 4) is 5.69 Å². The van der Waals surface area contributed by atoms with Crippen LogP contribution < -0.4 is 5.69 Å². The highest BCUT2D eigenvalue weighted by molar-refractivity contribution is 8.14. The third kappa shape index (κ3) is 5.87. The van der Waals surface area contributed by atoms with E-state index in [1.807, 2.05) is 20.8 Å². The van der Waals surface area contributed by atoms with Gasteiger partial charge in [-0.1, -0.05) is 44.0 Å². The highest BCUT2D eigenvalue weighted by Gasteiger charge is 2.25. The molecule has 1 aromatic heterocycles. The van der Waals surface area contributed by atoms with Crippen LogP contribution in [0.25, 0.3) is 5.69 Å². The van der Waals surface area contributed by atoms with E-state index < -0.39 is 17.5 Å². The monoisotopic (exact) mass is 496 g/mol. The third-order valence-corrected chi connectivity index (χ3v) is 6.19. The fraction of sp³-hybridized carbons (Fsp3) is 0.421. The predicted molar refractivity (Wildman–Crippen MR) is 121 cm³/mol. The molecule has 11 heteroatoms. The molecule has 0 aliphatic carbocycles.